The molecule has 11 heteroatoms. The highest BCUT2D eigenvalue weighted by atomic mass is 35.5. The zero-order chi connectivity index (χ0) is 22.0. The van der Waals surface area contributed by atoms with Gasteiger partial charge in [-0.2, -0.15) is 26.3 Å². The second-order valence-corrected chi connectivity index (χ2v) is 6.42. The summed E-state index contributed by atoms with van der Waals surface area (Å²) < 4.78 is 77.3. The van der Waals surface area contributed by atoms with Gasteiger partial charge in [0.05, 0.1) is 11.1 Å². The minimum absolute atomic E-state index is 0.0898. The van der Waals surface area contributed by atoms with Crippen LogP contribution in [0.3, 0.4) is 0 Å². The number of anilines is 1. The van der Waals surface area contributed by atoms with Crippen LogP contribution in [-0.4, -0.2) is 17.9 Å². The molecule has 2 rings (SSSR count). The van der Waals surface area contributed by atoms with Crippen molar-refractivity contribution >= 4 is 29.1 Å². The first-order chi connectivity index (χ1) is 13.3. The monoisotopic (exact) mass is 438 g/mol. The third-order valence-electron chi connectivity index (χ3n) is 3.70. The van der Waals surface area contributed by atoms with Crippen LogP contribution in [0.1, 0.15) is 28.4 Å². The summed E-state index contributed by atoms with van der Waals surface area (Å²) in [5.74, 6) is -2.00. The van der Waals surface area contributed by atoms with Gasteiger partial charge in [0.2, 0.25) is 5.91 Å². The molecule has 2 aromatic carbocycles. The Balaban J connectivity index is 2.20. The van der Waals surface area contributed by atoms with Gasteiger partial charge in [0.15, 0.2) is 0 Å². The molecule has 0 aromatic heterocycles. The lowest BCUT2D eigenvalue weighted by Gasteiger charge is -2.17. The van der Waals surface area contributed by atoms with Crippen molar-refractivity contribution in [2.75, 3.05) is 5.32 Å². The molecule has 2 aromatic rings. The molecule has 0 saturated heterocycles. The first-order valence-electron chi connectivity index (χ1n) is 7.94. The van der Waals surface area contributed by atoms with E-state index in [1.165, 1.54) is 31.2 Å². The van der Waals surface area contributed by atoms with E-state index in [-0.39, 0.29) is 18.2 Å². The van der Waals surface area contributed by atoms with E-state index >= 15 is 0 Å². The van der Waals surface area contributed by atoms with Gasteiger partial charge in [0, 0.05) is 16.3 Å². The first kappa shape index (κ1) is 22.5. The van der Waals surface area contributed by atoms with Crippen LogP contribution in [-0.2, 0) is 17.1 Å². The molecular weight excluding hydrogens is 426 g/mol. The number of benzene rings is 2. The SMILES string of the molecule is C[C@@H](NC(=O)c1cc(C(F)(F)F)cc(C(F)(F)F)c1)C(=O)Nc1ccc(Cl)cc1. The van der Waals surface area contributed by atoms with E-state index in [2.05, 4.69) is 10.6 Å². The molecule has 2 amide bonds. The molecule has 0 unspecified atom stereocenters. The van der Waals surface area contributed by atoms with Crippen molar-refractivity contribution in [2.24, 2.45) is 0 Å². The van der Waals surface area contributed by atoms with Crippen LogP contribution in [0, 0.1) is 0 Å². The Bertz CT molecular complexity index is 878. The van der Waals surface area contributed by atoms with E-state index in [1.807, 2.05) is 0 Å². The topological polar surface area (TPSA) is 58.2 Å². The van der Waals surface area contributed by atoms with Crippen molar-refractivity contribution in [1.29, 1.82) is 0 Å². The fourth-order valence-electron chi connectivity index (χ4n) is 2.22. The number of nitrogens with one attached hydrogen (secondary N) is 2. The number of hydrogen-bond donors (Lipinski definition) is 2. The zero-order valence-electron chi connectivity index (χ0n) is 14.6. The minimum atomic E-state index is -5.09. The normalized spacial score (nSPS) is 13.0. The van der Waals surface area contributed by atoms with Gasteiger partial charge in [0.1, 0.15) is 6.04 Å². The number of carbonyl (C=O) groups is 2. The number of hydrogen-bond acceptors (Lipinski definition) is 2. The summed E-state index contributed by atoms with van der Waals surface area (Å²) >= 11 is 5.71. The van der Waals surface area contributed by atoms with Crippen LogP contribution < -0.4 is 10.6 Å². The first-order valence-corrected chi connectivity index (χ1v) is 8.32. The lowest BCUT2D eigenvalue weighted by molar-refractivity contribution is -0.143. The molecule has 0 aliphatic heterocycles. The number of rotatable bonds is 4. The highest BCUT2D eigenvalue weighted by Gasteiger charge is 2.37. The Morgan fingerprint density at radius 2 is 1.38 bits per heavy atom. The average Bonchev–Trinajstić information content (AvgIpc) is 2.61. The Hall–Kier alpha value is -2.75. The summed E-state index contributed by atoms with van der Waals surface area (Å²) in [6, 6.07) is 5.15. The standard InChI is InChI=1S/C18H13ClF6N2O2/c1-9(15(28)27-14-4-2-13(19)3-5-14)26-16(29)10-6-11(17(20,21)22)8-12(7-10)18(23,24)25/h2-9H,1H3,(H,26,29)(H,27,28)/t9-/m1/s1. The van der Waals surface area contributed by atoms with Gasteiger partial charge in [0.25, 0.3) is 5.91 Å². The van der Waals surface area contributed by atoms with Crippen LogP contribution in [0.5, 0.6) is 0 Å². The molecule has 0 fully saturated rings. The lowest BCUT2D eigenvalue weighted by atomic mass is 10.0. The third kappa shape index (κ3) is 6.11. The molecule has 0 saturated carbocycles. The molecule has 0 aliphatic carbocycles. The summed E-state index contributed by atoms with van der Waals surface area (Å²) in [5.41, 5.74) is -3.80. The van der Waals surface area contributed by atoms with Crippen molar-refractivity contribution in [3.63, 3.8) is 0 Å². The van der Waals surface area contributed by atoms with E-state index in [0.717, 1.165) is 0 Å². The van der Waals surface area contributed by atoms with Gasteiger partial charge in [-0.15, -0.1) is 0 Å². The highest BCUT2D eigenvalue weighted by Crippen LogP contribution is 2.36. The van der Waals surface area contributed by atoms with Gasteiger partial charge in [-0.05, 0) is 49.4 Å². The summed E-state index contributed by atoms with van der Waals surface area (Å²) in [7, 11) is 0. The van der Waals surface area contributed by atoms with E-state index in [0.29, 0.717) is 10.7 Å². The van der Waals surface area contributed by atoms with Crippen molar-refractivity contribution in [2.45, 2.75) is 25.3 Å². The van der Waals surface area contributed by atoms with E-state index in [9.17, 15) is 35.9 Å². The largest absolute Gasteiger partial charge is 0.416 e. The Kier molecular flexibility index (Phi) is 6.46. The van der Waals surface area contributed by atoms with Gasteiger partial charge in [-0.25, -0.2) is 0 Å². The summed E-state index contributed by atoms with van der Waals surface area (Å²) in [4.78, 5) is 24.3. The number of carbonyl (C=O) groups excluding carboxylic acids is 2. The molecule has 0 bridgehead atoms. The van der Waals surface area contributed by atoms with Gasteiger partial charge >= 0.3 is 12.4 Å². The second-order valence-electron chi connectivity index (χ2n) is 5.99. The maximum Gasteiger partial charge on any atom is 0.416 e. The molecule has 0 radical (unpaired) electrons. The molecule has 0 heterocycles. The molecule has 29 heavy (non-hydrogen) atoms. The predicted octanol–water partition coefficient (Wildman–Crippen LogP) is 5.13. The quantitative estimate of drug-likeness (QED) is 0.650. The van der Waals surface area contributed by atoms with Crippen molar-refractivity contribution in [3.8, 4) is 0 Å². The molecule has 0 spiro atoms. The van der Waals surface area contributed by atoms with Gasteiger partial charge in [-0.3, -0.25) is 9.59 Å². The Labute approximate surface area is 165 Å². The van der Waals surface area contributed by atoms with Crippen LogP contribution in [0.15, 0.2) is 42.5 Å². The van der Waals surface area contributed by atoms with E-state index < -0.39 is 46.9 Å². The molecule has 156 valence electrons. The lowest BCUT2D eigenvalue weighted by Crippen LogP contribution is -2.41. The van der Waals surface area contributed by atoms with Gasteiger partial charge < -0.3 is 10.6 Å². The zero-order valence-corrected chi connectivity index (χ0v) is 15.3. The summed E-state index contributed by atoms with van der Waals surface area (Å²) in [6.45, 7) is 1.22. The molecule has 1 atom stereocenters. The third-order valence-corrected chi connectivity index (χ3v) is 3.95. The van der Waals surface area contributed by atoms with Crippen LogP contribution >= 0.6 is 11.6 Å². The maximum absolute atomic E-state index is 12.9. The minimum Gasteiger partial charge on any atom is -0.341 e. The Morgan fingerprint density at radius 3 is 1.83 bits per heavy atom. The highest BCUT2D eigenvalue weighted by molar-refractivity contribution is 6.30. The summed E-state index contributed by atoms with van der Waals surface area (Å²) in [6.07, 6.45) is -10.2. The van der Waals surface area contributed by atoms with Crippen LogP contribution in [0.25, 0.3) is 0 Å². The summed E-state index contributed by atoms with van der Waals surface area (Å²) in [5, 5.41) is 4.91. The van der Waals surface area contributed by atoms with Crippen molar-refractivity contribution in [3.05, 3.63) is 64.2 Å². The van der Waals surface area contributed by atoms with Crippen molar-refractivity contribution in [1.82, 2.24) is 5.32 Å². The van der Waals surface area contributed by atoms with E-state index in [4.69, 9.17) is 11.6 Å². The number of alkyl halides is 6. The average molecular weight is 439 g/mol. The second kappa shape index (κ2) is 8.32. The van der Waals surface area contributed by atoms with Gasteiger partial charge in [-0.1, -0.05) is 11.6 Å². The Morgan fingerprint density at radius 1 is 0.897 bits per heavy atom. The fourth-order valence-corrected chi connectivity index (χ4v) is 2.34. The molecular formula is C18H13ClF6N2O2. The molecule has 2 N–H and O–H groups in total. The molecule has 0 aliphatic rings. The number of halogens is 7. The maximum atomic E-state index is 12.9. The molecule has 4 nitrogen and oxygen atoms in total. The fraction of sp³-hybridized carbons (Fsp3) is 0.222. The van der Waals surface area contributed by atoms with Crippen LogP contribution in [0.4, 0.5) is 32.0 Å². The smallest absolute Gasteiger partial charge is 0.341 e. The van der Waals surface area contributed by atoms with E-state index in [1.54, 1.807) is 0 Å². The predicted molar refractivity (Wildman–Crippen MR) is 93.5 cm³/mol. The number of amides is 2. The van der Waals surface area contributed by atoms with Crippen LogP contribution in [0.2, 0.25) is 5.02 Å². The van der Waals surface area contributed by atoms with Crippen molar-refractivity contribution < 1.29 is 35.9 Å².